The highest BCUT2D eigenvalue weighted by atomic mass is 32.1. The average Bonchev–Trinajstić information content (AvgIpc) is 3.16. The van der Waals surface area contributed by atoms with Crippen LogP contribution >= 0.6 is 11.3 Å². The summed E-state index contributed by atoms with van der Waals surface area (Å²) in [5, 5.41) is 6.24. The first-order valence-corrected chi connectivity index (χ1v) is 8.35. The monoisotopic (exact) mass is 305 g/mol. The Hall–Kier alpha value is -1.69. The zero-order chi connectivity index (χ0) is 14.7. The fourth-order valence-electron chi connectivity index (χ4n) is 2.72. The average molecular weight is 305 g/mol. The van der Waals surface area contributed by atoms with Gasteiger partial charge in [-0.1, -0.05) is 25.3 Å². The predicted molar refractivity (Wildman–Crippen MR) is 81.7 cm³/mol. The summed E-state index contributed by atoms with van der Waals surface area (Å²) in [6.07, 6.45) is 5.37. The lowest BCUT2D eigenvalue weighted by Gasteiger charge is -2.20. The molecule has 1 aliphatic rings. The van der Waals surface area contributed by atoms with Gasteiger partial charge < -0.3 is 4.74 Å². The predicted octanol–water partition coefficient (Wildman–Crippen LogP) is 3.63. The van der Waals surface area contributed by atoms with Gasteiger partial charge in [-0.25, -0.2) is 0 Å². The molecule has 2 heterocycles. The van der Waals surface area contributed by atoms with Gasteiger partial charge >= 0.3 is 6.01 Å². The molecule has 0 saturated heterocycles. The van der Waals surface area contributed by atoms with Gasteiger partial charge in [-0.3, -0.25) is 4.79 Å². The van der Waals surface area contributed by atoms with Crippen LogP contribution in [0.4, 0.5) is 0 Å². The van der Waals surface area contributed by atoms with E-state index in [0.717, 1.165) is 30.6 Å². The van der Waals surface area contributed by atoms with Crippen molar-refractivity contribution in [1.29, 1.82) is 0 Å². The van der Waals surface area contributed by atoms with Crippen LogP contribution in [-0.2, 0) is 0 Å². The lowest BCUT2D eigenvalue weighted by atomic mass is 9.89. The summed E-state index contributed by atoms with van der Waals surface area (Å²) in [7, 11) is 0. The van der Waals surface area contributed by atoms with E-state index in [1.165, 1.54) is 11.1 Å². The van der Waals surface area contributed by atoms with Crippen molar-refractivity contribution in [3.63, 3.8) is 0 Å². The third-order valence-corrected chi connectivity index (χ3v) is 4.63. The minimum absolute atomic E-state index is 0.0524. The first-order chi connectivity index (χ1) is 10.3. The Labute approximate surface area is 128 Å². The summed E-state index contributed by atoms with van der Waals surface area (Å²) in [5.74, 6) is 0.717. The summed E-state index contributed by atoms with van der Waals surface area (Å²) in [6, 6.07) is 4.18. The third-order valence-electron chi connectivity index (χ3n) is 3.77. The molecular weight excluding hydrogens is 286 g/mol. The number of rotatable bonds is 4. The molecule has 0 unspecified atom stereocenters. The summed E-state index contributed by atoms with van der Waals surface area (Å²) >= 11 is 1.55. The van der Waals surface area contributed by atoms with Crippen molar-refractivity contribution in [2.24, 2.45) is 5.92 Å². The quantitative estimate of drug-likeness (QED) is 0.865. The van der Waals surface area contributed by atoms with E-state index in [1.54, 1.807) is 11.3 Å². The van der Waals surface area contributed by atoms with Gasteiger partial charge in [-0.2, -0.15) is 9.67 Å². The first kappa shape index (κ1) is 14.3. The van der Waals surface area contributed by atoms with E-state index in [0.29, 0.717) is 12.4 Å². The van der Waals surface area contributed by atoms with Crippen LogP contribution in [0.25, 0.3) is 10.7 Å². The zero-order valence-corrected chi connectivity index (χ0v) is 12.9. The lowest BCUT2D eigenvalue weighted by Crippen LogP contribution is -2.25. The number of hydrogen-bond acceptors (Lipinski definition) is 5. The zero-order valence-electron chi connectivity index (χ0n) is 12.1. The van der Waals surface area contributed by atoms with Crippen molar-refractivity contribution in [1.82, 2.24) is 14.8 Å². The van der Waals surface area contributed by atoms with Gasteiger partial charge in [0.2, 0.25) is 0 Å². The van der Waals surface area contributed by atoms with Crippen LogP contribution in [0.2, 0.25) is 0 Å². The highest BCUT2D eigenvalue weighted by molar-refractivity contribution is 7.13. The molecule has 3 rings (SSSR count). The molecule has 2 aromatic rings. The van der Waals surface area contributed by atoms with E-state index >= 15 is 0 Å². The van der Waals surface area contributed by atoms with E-state index in [1.807, 2.05) is 24.4 Å². The maximum Gasteiger partial charge on any atom is 0.336 e. The maximum atomic E-state index is 12.7. The second-order valence-electron chi connectivity index (χ2n) is 5.21. The molecule has 0 amide bonds. The van der Waals surface area contributed by atoms with Gasteiger partial charge in [0.25, 0.3) is 5.91 Å². The number of aromatic nitrogens is 3. The van der Waals surface area contributed by atoms with Crippen molar-refractivity contribution in [2.45, 2.75) is 39.0 Å². The normalized spacial score (nSPS) is 16.0. The van der Waals surface area contributed by atoms with Crippen molar-refractivity contribution < 1.29 is 9.53 Å². The molecule has 112 valence electrons. The van der Waals surface area contributed by atoms with Crippen molar-refractivity contribution >= 4 is 17.2 Å². The summed E-state index contributed by atoms with van der Waals surface area (Å²) in [6.45, 7) is 2.37. The molecule has 1 aliphatic carbocycles. The van der Waals surface area contributed by atoms with Crippen molar-refractivity contribution in [3.8, 4) is 16.7 Å². The fraction of sp³-hybridized carbons (Fsp3) is 0.533. The number of nitrogens with zero attached hydrogens (tertiary/aromatic N) is 3. The minimum atomic E-state index is 0.0524. The van der Waals surface area contributed by atoms with Gasteiger partial charge in [0.1, 0.15) is 0 Å². The Bertz CT molecular complexity index is 600. The first-order valence-electron chi connectivity index (χ1n) is 7.47. The molecule has 0 aliphatic heterocycles. The highest BCUT2D eigenvalue weighted by Gasteiger charge is 2.27. The molecule has 0 bridgehead atoms. The molecule has 21 heavy (non-hydrogen) atoms. The Balaban J connectivity index is 1.93. The van der Waals surface area contributed by atoms with E-state index in [2.05, 4.69) is 10.1 Å². The Morgan fingerprint density at radius 1 is 1.43 bits per heavy atom. The van der Waals surface area contributed by atoms with Gasteiger partial charge in [-0.05, 0) is 31.2 Å². The van der Waals surface area contributed by atoms with E-state index < -0.39 is 0 Å². The Kier molecular flexibility index (Phi) is 4.34. The number of thiophene rings is 1. The fourth-order valence-corrected chi connectivity index (χ4v) is 3.42. The van der Waals surface area contributed by atoms with Gasteiger partial charge in [0.15, 0.2) is 5.82 Å². The smallest absolute Gasteiger partial charge is 0.336 e. The van der Waals surface area contributed by atoms with Crippen LogP contribution in [0.3, 0.4) is 0 Å². The SMILES string of the molecule is CCOc1nc(-c2cccs2)n(C(=O)C2CCCCC2)n1. The molecule has 0 spiro atoms. The molecule has 5 nitrogen and oxygen atoms in total. The summed E-state index contributed by atoms with van der Waals surface area (Å²) in [5.41, 5.74) is 0. The van der Waals surface area contributed by atoms with E-state index in [4.69, 9.17) is 4.74 Å². The largest absolute Gasteiger partial charge is 0.463 e. The number of carbonyl (C=O) groups excluding carboxylic acids is 1. The van der Waals surface area contributed by atoms with Gasteiger partial charge in [0.05, 0.1) is 11.5 Å². The van der Waals surface area contributed by atoms with E-state index in [9.17, 15) is 4.79 Å². The molecule has 1 fully saturated rings. The van der Waals surface area contributed by atoms with Crippen molar-refractivity contribution in [3.05, 3.63) is 17.5 Å². The van der Waals surface area contributed by atoms with Crippen LogP contribution in [-0.4, -0.2) is 27.3 Å². The Morgan fingerprint density at radius 3 is 2.90 bits per heavy atom. The second-order valence-corrected chi connectivity index (χ2v) is 6.16. The van der Waals surface area contributed by atoms with Crippen LogP contribution in [0.1, 0.15) is 43.8 Å². The van der Waals surface area contributed by atoms with Gasteiger partial charge in [0, 0.05) is 5.92 Å². The van der Waals surface area contributed by atoms with Crippen LogP contribution in [0.5, 0.6) is 6.01 Å². The minimum Gasteiger partial charge on any atom is -0.463 e. The Morgan fingerprint density at radius 2 is 2.24 bits per heavy atom. The molecule has 0 radical (unpaired) electrons. The maximum absolute atomic E-state index is 12.7. The van der Waals surface area contributed by atoms with Crippen LogP contribution in [0.15, 0.2) is 17.5 Å². The molecule has 2 aromatic heterocycles. The molecule has 0 aromatic carbocycles. The number of carbonyl (C=O) groups is 1. The highest BCUT2D eigenvalue weighted by Crippen LogP contribution is 2.29. The molecule has 0 atom stereocenters. The molecule has 6 heteroatoms. The van der Waals surface area contributed by atoms with Crippen molar-refractivity contribution in [2.75, 3.05) is 6.61 Å². The standard InChI is InChI=1S/C15H19N3O2S/c1-2-20-15-16-13(12-9-6-10-21-12)18(17-15)14(19)11-7-4-3-5-8-11/h6,9-11H,2-5,7-8H2,1H3. The number of ether oxygens (including phenoxy) is 1. The topological polar surface area (TPSA) is 57.0 Å². The number of hydrogen-bond donors (Lipinski definition) is 0. The molecular formula is C15H19N3O2S. The molecule has 1 saturated carbocycles. The summed E-state index contributed by atoms with van der Waals surface area (Å²) < 4.78 is 6.82. The lowest BCUT2D eigenvalue weighted by molar-refractivity contribution is 0.0784. The molecule has 0 N–H and O–H groups in total. The third kappa shape index (κ3) is 3.00. The van der Waals surface area contributed by atoms with Crippen LogP contribution in [0, 0.1) is 5.92 Å². The summed E-state index contributed by atoms with van der Waals surface area (Å²) in [4.78, 5) is 18.1. The van der Waals surface area contributed by atoms with E-state index in [-0.39, 0.29) is 17.8 Å². The second kappa shape index (κ2) is 6.39. The van der Waals surface area contributed by atoms with Gasteiger partial charge in [-0.15, -0.1) is 16.4 Å². The van der Waals surface area contributed by atoms with Crippen LogP contribution < -0.4 is 4.74 Å².